The Labute approximate surface area is 154 Å². The molecule has 0 fully saturated rings. The molecule has 9 heteroatoms. The Bertz CT molecular complexity index is 733. The number of halogens is 4. The topological polar surface area (TPSA) is 57.5 Å². The van der Waals surface area contributed by atoms with Crippen LogP contribution < -0.4 is 10.6 Å². The third kappa shape index (κ3) is 5.48. The fraction of sp³-hybridized carbons (Fsp3) is 0.353. The van der Waals surface area contributed by atoms with E-state index in [4.69, 9.17) is 16.0 Å². The summed E-state index contributed by atoms with van der Waals surface area (Å²) in [5.41, 5.74) is -1.32. The lowest BCUT2D eigenvalue weighted by Gasteiger charge is -2.22. The molecule has 2 N–H and O–H groups in total. The number of rotatable bonds is 7. The van der Waals surface area contributed by atoms with Gasteiger partial charge in [-0.2, -0.15) is 13.2 Å². The molecule has 0 bridgehead atoms. The van der Waals surface area contributed by atoms with Gasteiger partial charge in [0.2, 0.25) is 5.91 Å². The molecular weight excluding hydrogens is 371 g/mol. The van der Waals surface area contributed by atoms with Crippen molar-refractivity contribution < 1.29 is 22.4 Å². The van der Waals surface area contributed by atoms with Crippen molar-refractivity contribution in [2.45, 2.75) is 12.2 Å². The highest BCUT2D eigenvalue weighted by molar-refractivity contribution is 6.30. The first-order chi connectivity index (χ1) is 12.2. The predicted molar refractivity (Wildman–Crippen MR) is 93.1 cm³/mol. The average Bonchev–Trinajstić information content (AvgIpc) is 3.06. The summed E-state index contributed by atoms with van der Waals surface area (Å²) in [6.45, 7) is 0.242. The van der Waals surface area contributed by atoms with E-state index in [1.807, 2.05) is 25.1 Å². The number of anilines is 1. The van der Waals surface area contributed by atoms with Gasteiger partial charge >= 0.3 is 6.18 Å². The lowest BCUT2D eigenvalue weighted by Crippen LogP contribution is -2.35. The van der Waals surface area contributed by atoms with E-state index in [1.54, 1.807) is 12.3 Å². The second-order valence-electron chi connectivity index (χ2n) is 5.86. The van der Waals surface area contributed by atoms with Crippen molar-refractivity contribution in [1.82, 2.24) is 10.2 Å². The van der Waals surface area contributed by atoms with Gasteiger partial charge in [0.1, 0.15) is 5.76 Å². The zero-order chi connectivity index (χ0) is 19.3. The Balaban J connectivity index is 1.95. The van der Waals surface area contributed by atoms with Crippen LogP contribution in [-0.2, 0) is 11.0 Å². The number of nitrogens with one attached hydrogen (secondary N) is 2. The molecule has 1 heterocycles. The van der Waals surface area contributed by atoms with E-state index in [9.17, 15) is 18.0 Å². The van der Waals surface area contributed by atoms with E-state index in [2.05, 4.69) is 10.6 Å². The van der Waals surface area contributed by atoms with Crippen LogP contribution in [0.1, 0.15) is 17.4 Å². The minimum atomic E-state index is -4.61. The number of hydrogen-bond acceptors (Lipinski definition) is 4. The second kappa shape index (κ2) is 8.57. The molecule has 1 atom stereocenters. The van der Waals surface area contributed by atoms with E-state index in [0.717, 1.165) is 17.9 Å². The standard InChI is InChI=1S/C17H19ClF3N3O2/c1-24(2)14(15-4-3-7-26-15)9-22-10-16(25)23-13-6-5-11(18)8-12(13)17(19,20)21/h3-8,14,22H,9-10H2,1-2H3,(H,23,25). The highest BCUT2D eigenvalue weighted by Crippen LogP contribution is 2.36. The highest BCUT2D eigenvalue weighted by Gasteiger charge is 2.34. The highest BCUT2D eigenvalue weighted by atomic mass is 35.5. The maximum Gasteiger partial charge on any atom is 0.418 e. The first kappa shape index (κ1) is 20.3. The third-order valence-electron chi connectivity index (χ3n) is 3.68. The largest absolute Gasteiger partial charge is 0.468 e. The van der Waals surface area contributed by atoms with Crippen LogP contribution in [0.4, 0.5) is 18.9 Å². The van der Waals surface area contributed by atoms with Crippen molar-refractivity contribution in [2.75, 3.05) is 32.5 Å². The molecule has 0 aliphatic rings. The van der Waals surface area contributed by atoms with Crippen molar-refractivity contribution in [2.24, 2.45) is 0 Å². The van der Waals surface area contributed by atoms with E-state index in [1.165, 1.54) is 6.07 Å². The molecule has 0 radical (unpaired) electrons. The fourth-order valence-corrected chi connectivity index (χ4v) is 2.57. The van der Waals surface area contributed by atoms with Gasteiger partial charge in [0.15, 0.2) is 0 Å². The van der Waals surface area contributed by atoms with E-state index in [-0.39, 0.29) is 23.3 Å². The van der Waals surface area contributed by atoms with Gasteiger partial charge in [0.05, 0.1) is 30.1 Å². The molecule has 0 aliphatic carbocycles. The first-order valence-electron chi connectivity index (χ1n) is 7.75. The summed E-state index contributed by atoms with van der Waals surface area (Å²) in [4.78, 5) is 13.9. The summed E-state index contributed by atoms with van der Waals surface area (Å²) < 4.78 is 44.5. The van der Waals surface area contributed by atoms with Crippen LogP contribution in [0.2, 0.25) is 5.02 Å². The number of likely N-dealkylation sites (N-methyl/N-ethyl adjacent to an activating group) is 1. The normalized spacial score (nSPS) is 13.0. The SMILES string of the molecule is CN(C)C(CNCC(=O)Nc1ccc(Cl)cc1C(F)(F)F)c1ccco1. The van der Waals surface area contributed by atoms with Crippen LogP contribution in [0.15, 0.2) is 41.0 Å². The smallest absolute Gasteiger partial charge is 0.418 e. The van der Waals surface area contributed by atoms with E-state index in [0.29, 0.717) is 6.54 Å². The van der Waals surface area contributed by atoms with E-state index < -0.39 is 17.6 Å². The predicted octanol–water partition coefficient (Wildman–Crippen LogP) is 3.78. The molecule has 1 unspecified atom stereocenters. The molecule has 2 aromatic rings. The van der Waals surface area contributed by atoms with Gasteiger partial charge in [0.25, 0.3) is 0 Å². The lowest BCUT2D eigenvalue weighted by atomic mass is 10.1. The summed E-state index contributed by atoms with van der Waals surface area (Å²) in [6, 6.07) is 6.67. The molecule has 2 rings (SSSR count). The number of nitrogens with zero attached hydrogens (tertiary/aromatic N) is 1. The molecule has 1 aromatic heterocycles. The zero-order valence-electron chi connectivity index (χ0n) is 14.2. The van der Waals surface area contributed by atoms with E-state index >= 15 is 0 Å². The maximum atomic E-state index is 13.0. The molecule has 26 heavy (non-hydrogen) atoms. The fourth-order valence-electron chi connectivity index (χ4n) is 2.40. The molecule has 0 saturated carbocycles. The van der Waals surface area contributed by atoms with Crippen LogP contribution in [-0.4, -0.2) is 38.0 Å². The Morgan fingerprint density at radius 3 is 2.62 bits per heavy atom. The van der Waals surface area contributed by atoms with Gasteiger partial charge < -0.3 is 15.1 Å². The number of carbonyl (C=O) groups excluding carboxylic acids is 1. The Kier molecular flexibility index (Phi) is 6.69. The molecule has 0 aliphatic heterocycles. The van der Waals surface area contributed by atoms with Crippen LogP contribution in [0.5, 0.6) is 0 Å². The minimum absolute atomic E-state index is 0.0549. The minimum Gasteiger partial charge on any atom is -0.468 e. The average molecular weight is 390 g/mol. The third-order valence-corrected chi connectivity index (χ3v) is 3.91. The van der Waals surface area contributed by atoms with Crippen molar-refractivity contribution in [3.05, 3.63) is 52.9 Å². The van der Waals surface area contributed by atoms with Crippen LogP contribution in [0.3, 0.4) is 0 Å². The molecule has 0 spiro atoms. The number of furan rings is 1. The molecule has 142 valence electrons. The number of amides is 1. The number of alkyl halides is 3. The van der Waals surface area contributed by atoms with Gasteiger partial charge in [-0.1, -0.05) is 11.6 Å². The van der Waals surface area contributed by atoms with Crippen LogP contribution in [0.25, 0.3) is 0 Å². The van der Waals surface area contributed by atoms with Crippen LogP contribution in [0, 0.1) is 0 Å². The van der Waals surface area contributed by atoms with Gasteiger partial charge in [-0.25, -0.2) is 0 Å². The van der Waals surface area contributed by atoms with Crippen LogP contribution >= 0.6 is 11.6 Å². The summed E-state index contributed by atoms with van der Waals surface area (Å²) >= 11 is 5.62. The number of hydrogen-bond donors (Lipinski definition) is 2. The first-order valence-corrected chi connectivity index (χ1v) is 8.13. The molecule has 1 aromatic carbocycles. The number of benzene rings is 1. The van der Waals surface area contributed by atoms with Gasteiger partial charge in [-0.3, -0.25) is 9.69 Å². The van der Waals surface area contributed by atoms with Gasteiger partial charge in [-0.05, 0) is 44.4 Å². The van der Waals surface area contributed by atoms with Gasteiger partial charge in [-0.15, -0.1) is 0 Å². The Hall–Kier alpha value is -2.03. The lowest BCUT2D eigenvalue weighted by molar-refractivity contribution is -0.137. The number of carbonyl (C=O) groups is 1. The summed E-state index contributed by atoms with van der Waals surface area (Å²) in [6.07, 6.45) is -3.06. The molecule has 1 amide bonds. The Morgan fingerprint density at radius 1 is 1.31 bits per heavy atom. The second-order valence-corrected chi connectivity index (χ2v) is 6.30. The maximum absolute atomic E-state index is 13.0. The van der Waals surface area contributed by atoms with Crippen molar-refractivity contribution in [3.8, 4) is 0 Å². The molecule has 5 nitrogen and oxygen atoms in total. The molecular formula is C17H19ClF3N3O2. The zero-order valence-corrected chi connectivity index (χ0v) is 15.0. The van der Waals surface area contributed by atoms with Crippen molar-refractivity contribution in [3.63, 3.8) is 0 Å². The van der Waals surface area contributed by atoms with Crippen molar-refractivity contribution in [1.29, 1.82) is 0 Å². The monoisotopic (exact) mass is 389 g/mol. The Morgan fingerprint density at radius 2 is 2.04 bits per heavy atom. The molecule has 0 saturated heterocycles. The quantitative estimate of drug-likeness (QED) is 0.756. The van der Waals surface area contributed by atoms with Gasteiger partial charge in [0, 0.05) is 11.6 Å². The summed E-state index contributed by atoms with van der Waals surface area (Å²) in [5.74, 6) is 0.134. The summed E-state index contributed by atoms with van der Waals surface area (Å²) in [7, 11) is 3.72. The van der Waals surface area contributed by atoms with Crippen molar-refractivity contribution >= 4 is 23.2 Å². The summed E-state index contributed by atoms with van der Waals surface area (Å²) in [5, 5.41) is 5.13.